The van der Waals surface area contributed by atoms with E-state index in [1.54, 1.807) is 0 Å². The van der Waals surface area contributed by atoms with Crippen molar-refractivity contribution in [3.05, 3.63) is 28.8 Å². The monoisotopic (exact) mass is 403 g/mol. The van der Waals surface area contributed by atoms with Crippen molar-refractivity contribution in [3.8, 4) is 0 Å². The summed E-state index contributed by atoms with van der Waals surface area (Å²) in [7, 11) is 0. The fourth-order valence-electron chi connectivity index (χ4n) is 3.15. The average Bonchev–Trinajstić information content (AvgIpc) is 3.40. The predicted octanol–water partition coefficient (Wildman–Crippen LogP) is 3.29. The zero-order chi connectivity index (χ0) is 19.6. The van der Waals surface area contributed by atoms with Gasteiger partial charge in [-0.2, -0.15) is 13.2 Å². The van der Waals surface area contributed by atoms with E-state index in [-0.39, 0.29) is 29.1 Å². The summed E-state index contributed by atoms with van der Waals surface area (Å²) in [6.45, 7) is 1.12. The standard InChI is InChI=1S/C18H21ClF3N3O2/c19-14-6-3-12(18(20,21)22)8-15(14)24-16(26)10-25-7-1-2-11(9-25)17(27)23-13-4-5-13/h3,6,8,11,13H,1-2,4-5,7,9-10H2,(H,23,27)(H,24,26). The number of likely N-dealkylation sites (tertiary alicyclic amines) is 1. The Hall–Kier alpha value is -1.80. The van der Waals surface area contributed by atoms with E-state index in [4.69, 9.17) is 11.6 Å². The first-order valence-corrected chi connectivity index (χ1v) is 9.29. The molecule has 0 aromatic heterocycles. The highest BCUT2D eigenvalue weighted by Crippen LogP contribution is 2.33. The van der Waals surface area contributed by atoms with Gasteiger partial charge in [-0.3, -0.25) is 14.5 Å². The van der Waals surface area contributed by atoms with Crippen LogP contribution in [0.15, 0.2) is 18.2 Å². The van der Waals surface area contributed by atoms with Gasteiger partial charge in [-0.15, -0.1) is 0 Å². The Kier molecular flexibility index (Phi) is 5.95. The van der Waals surface area contributed by atoms with E-state index in [0.717, 1.165) is 43.9 Å². The minimum absolute atomic E-state index is 0.000215. The van der Waals surface area contributed by atoms with Crippen LogP contribution in [0.1, 0.15) is 31.2 Å². The van der Waals surface area contributed by atoms with E-state index < -0.39 is 17.6 Å². The number of anilines is 1. The molecule has 1 atom stereocenters. The lowest BCUT2D eigenvalue weighted by Gasteiger charge is -2.31. The number of benzene rings is 1. The number of nitrogens with one attached hydrogen (secondary N) is 2. The molecule has 0 spiro atoms. The lowest BCUT2D eigenvalue weighted by atomic mass is 9.97. The Morgan fingerprint density at radius 2 is 1.96 bits per heavy atom. The van der Waals surface area contributed by atoms with Gasteiger partial charge in [0.1, 0.15) is 0 Å². The molecule has 3 rings (SSSR count). The molecule has 1 heterocycles. The molecule has 1 saturated carbocycles. The van der Waals surface area contributed by atoms with Gasteiger partial charge in [0.15, 0.2) is 0 Å². The molecule has 0 bridgehead atoms. The molecule has 5 nitrogen and oxygen atoms in total. The van der Waals surface area contributed by atoms with Gasteiger partial charge < -0.3 is 10.6 Å². The Morgan fingerprint density at radius 1 is 1.22 bits per heavy atom. The second-order valence-electron chi connectivity index (χ2n) is 7.10. The van der Waals surface area contributed by atoms with Crippen molar-refractivity contribution in [1.29, 1.82) is 0 Å². The lowest BCUT2D eigenvalue weighted by Crippen LogP contribution is -2.45. The number of alkyl halides is 3. The van der Waals surface area contributed by atoms with Gasteiger partial charge in [-0.25, -0.2) is 0 Å². The number of hydrogen-bond acceptors (Lipinski definition) is 3. The maximum Gasteiger partial charge on any atom is 0.416 e. The van der Waals surface area contributed by atoms with Crippen molar-refractivity contribution in [2.75, 3.05) is 25.0 Å². The first kappa shape index (κ1) is 19.9. The largest absolute Gasteiger partial charge is 0.416 e. The molecule has 0 radical (unpaired) electrons. The summed E-state index contributed by atoms with van der Waals surface area (Å²) in [6.07, 6.45) is -0.916. The van der Waals surface area contributed by atoms with Gasteiger partial charge in [0.2, 0.25) is 11.8 Å². The van der Waals surface area contributed by atoms with Crippen LogP contribution in [0.2, 0.25) is 5.02 Å². The minimum atomic E-state index is -4.51. The summed E-state index contributed by atoms with van der Waals surface area (Å²) < 4.78 is 38.5. The van der Waals surface area contributed by atoms with Crippen molar-refractivity contribution in [2.24, 2.45) is 5.92 Å². The van der Waals surface area contributed by atoms with Gasteiger partial charge in [0, 0.05) is 12.6 Å². The maximum atomic E-state index is 12.8. The number of halogens is 4. The van der Waals surface area contributed by atoms with Crippen molar-refractivity contribution in [2.45, 2.75) is 37.9 Å². The van der Waals surface area contributed by atoms with E-state index in [2.05, 4.69) is 10.6 Å². The SMILES string of the molecule is O=C(CN1CCCC(C(=O)NC2CC2)C1)Nc1cc(C(F)(F)F)ccc1Cl. The van der Waals surface area contributed by atoms with E-state index in [9.17, 15) is 22.8 Å². The van der Waals surface area contributed by atoms with Crippen LogP contribution < -0.4 is 10.6 Å². The highest BCUT2D eigenvalue weighted by molar-refractivity contribution is 6.33. The van der Waals surface area contributed by atoms with Gasteiger partial charge >= 0.3 is 6.18 Å². The number of carbonyl (C=O) groups is 2. The topological polar surface area (TPSA) is 61.4 Å². The summed E-state index contributed by atoms with van der Waals surface area (Å²) in [4.78, 5) is 26.3. The molecule has 9 heteroatoms. The van der Waals surface area contributed by atoms with Gasteiger partial charge in [0.05, 0.1) is 28.7 Å². The number of hydrogen-bond donors (Lipinski definition) is 2. The number of piperidine rings is 1. The van der Waals surface area contributed by atoms with Crippen LogP contribution in [0, 0.1) is 5.92 Å². The smallest absolute Gasteiger partial charge is 0.353 e. The molecule has 1 unspecified atom stereocenters. The quantitative estimate of drug-likeness (QED) is 0.793. The molecule has 1 aromatic carbocycles. The maximum absolute atomic E-state index is 12.8. The van der Waals surface area contributed by atoms with E-state index in [0.29, 0.717) is 19.1 Å². The second kappa shape index (κ2) is 8.06. The molecular formula is C18H21ClF3N3O2. The van der Waals surface area contributed by atoms with Crippen LogP contribution in [-0.4, -0.2) is 42.4 Å². The number of nitrogens with zero attached hydrogens (tertiary/aromatic N) is 1. The first-order valence-electron chi connectivity index (χ1n) is 8.91. The van der Waals surface area contributed by atoms with Gasteiger partial charge in [-0.05, 0) is 50.4 Å². The van der Waals surface area contributed by atoms with Crippen LogP contribution in [0.4, 0.5) is 18.9 Å². The van der Waals surface area contributed by atoms with Crippen molar-refractivity contribution in [1.82, 2.24) is 10.2 Å². The molecular weight excluding hydrogens is 383 g/mol. The van der Waals surface area contributed by atoms with Gasteiger partial charge in [-0.1, -0.05) is 11.6 Å². The highest BCUT2D eigenvalue weighted by atomic mass is 35.5. The molecule has 1 aromatic rings. The summed E-state index contributed by atoms with van der Waals surface area (Å²) in [6, 6.07) is 3.09. The van der Waals surface area contributed by atoms with Crippen LogP contribution in [0.25, 0.3) is 0 Å². The zero-order valence-electron chi connectivity index (χ0n) is 14.6. The average molecular weight is 404 g/mol. The lowest BCUT2D eigenvalue weighted by molar-refractivity contribution is -0.137. The van der Waals surface area contributed by atoms with Crippen LogP contribution >= 0.6 is 11.6 Å². The molecule has 1 aliphatic carbocycles. The zero-order valence-corrected chi connectivity index (χ0v) is 15.4. The second-order valence-corrected chi connectivity index (χ2v) is 7.50. The highest BCUT2D eigenvalue weighted by Gasteiger charge is 2.32. The fourth-order valence-corrected chi connectivity index (χ4v) is 3.31. The number of carbonyl (C=O) groups excluding carboxylic acids is 2. The molecule has 2 amide bonds. The summed E-state index contributed by atoms with van der Waals surface area (Å²) in [5.74, 6) is -0.604. The molecule has 148 valence electrons. The van der Waals surface area contributed by atoms with Crippen LogP contribution in [0.5, 0.6) is 0 Å². The first-order chi connectivity index (χ1) is 12.7. The van der Waals surface area contributed by atoms with Crippen molar-refractivity contribution >= 4 is 29.1 Å². The van der Waals surface area contributed by atoms with E-state index in [1.807, 2.05) is 4.90 Å². The molecule has 1 saturated heterocycles. The van der Waals surface area contributed by atoms with Crippen molar-refractivity contribution in [3.63, 3.8) is 0 Å². The fraction of sp³-hybridized carbons (Fsp3) is 0.556. The Balaban J connectivity index is 1.56. The Labute approximate surface area is 160 Å². The Morgan fingerprint density at radius 3 is 2.63 bits per heavy atom. The molecule has 27 heavy (non-hydrogen) atoms. The van der Waals surface area contributed by atoms with E-state index in [1.165, 1.54) is 0 Å². The summed E-state index contributed by atoms with van der Waals surface area (Å²) in [5.41, 5.74) is -0.950. The third-order valence-corrected chi connectivity index (χ3v) is 5.06. The summed E-state index contributed by atoms with van der Waals surface area (Å²) >= 11 is 5.90. The third kappa shape index (κ3) is 5.59. The van der Waals surface area contributed by atoms with Crippen molar-refractivity contribution < 1.29 is 22.8 Å². The molecule has 2 fully saturated rings. The predicted molar refractivity (Wildman–Crippen MR) is 95.4 cm³/mol. The third-order valence-electron chi connectivity index (χ3n) is 4.74. The summed E-state index contributed by atoms with van der Waals surface area (Å²) in [5, 5.41) is 5.46. The van der Waals surface area contributed by atoms with Crippen LogP contribution in [0.3, 0.4) is 0 Å². The number of amides is 2. The molecule has 2 N–H and O–H groups in total. The molecule has 2 aliphatic rings. The van der Waals surface area contributed by atoms with Crippen LogP contribution in [-0.2, 0) is 15.8 Å². The number of rotatable bonds is 5. The molecule has 1 aliphatic heterocycles. The van der Waals surface area contributed by atoms with Gasteiger partial charge in [0.25, 0.3) is 0 Å². The normalized spacial score (nSPS) is 21.0. The van der Waals surface area contributed by atoms with E-state index >= 15 is 0 Å². The minimum Gasteiger partial charge on any atom is -0.353 e. The Bertz CT molecular complexity index is 722.